The number of rotatable bonds is 5. The highest BCUT2D eigenvalue weighted by molar-refractivity contribution is 6.03. The fourth-order valence-corrected chi connectivity index (χ4v) is 3.62. The lowest BCUT2D eigenvalue weighted by Gasteiger charge is -2.28. The molecule has 0 atom stereocenters. The number of nitrogens with one attached hydrogen (secondary N) is 1. The Kier molecular flexibility index (Phi) is 5.42. The number of piperidine rings is 1. The first-order valence-electron chi connectivity index (χ1n) is 9.86. The topological polar surface area (TPSA) is 106 Å². The first-order chi connectivity index (χ1) is 14.5. The van der Waals surface area contributed by atoms with Crippen LogP contribution in [0.4, 0.5) is 17.1 Å². The molecule has 1 aliphatic rings. The maximum atomic E-state index is 12.7. The molecule has 1 N–H and O–H groups in total. The molecular formula is C21H22N6O3. The first-order valence-corrected chi connectivity index (χ1v) is 9.86. The monoisotopic (exact) mass is 406 g/mol. The molecule has 4 rings (SSSR count). The van der Waals surface area contributed by atoms with Crippen LogP contribution in [0.15, 0.2) is 48.5 Å². The lowest BCUT2D eigenvalue weighted by atomic mass is 10.1. The summed E-state index contributed by atoms with van der Waals surface area (Å²) in [7, 11) is 0. The summed E-state index contributed by atoms with van der Waals surface area (Å²) in [5, 5.41) is 21.8. The van der Waals surface area contributed by atoms with Crippen molar-refractivity contribution < 1.29 is 9.72 Å². The maximum absolute atomic E-state index is 12.7. The van der Waals surface area contributed by atoms with Gasteiger partial charge in [0, 0.05) is 36.6 Å². The minimum absolute atomic E-state index is 0.0535. The fraction of sp³-hybridized carbons (Fsp3) is 0.286. The molecule has 1 saturated heterocycles. The number of nitro groups is 1. The second kappa shape index (κ2) is 8.32. The zero-order valence-electron chi connectivity index (χ0n) is 16.6. The van der Waals surface area contributed by atoms with Crippen molar-refractivity contribution in [2.24, 2.45) is 0 Å². The molecule has 0 spiro atoms. The largest absolute Gasteiger partial charge is 0.372 e. The van der Waals surface area contributed by atoms with Gasteiger partial charge in [-0.25, -0.2) is 4.68 Å². The van der Waals surface area contributed by atoms with E-state index in [1.165, 1.54) is 36.1 Å². The van der Waals surface area contributed by atoms with E-state index in [1.807, 2.05) is 24.3 Å². The molecule has 0 aliphatic carbocycles. The minimum atomic E-state index is -0.475. The third kappa shape index (κ3) is 4.00. The van der Waals surface area contributed by atoms with Crippen LogP contribution < -0.4 is 10.2 Å². The molecule has 1 fully saturated rings. The standard InChI is InChI=1S/C21H22N6O3/c1-15-20(23-24-26(15)18-6-5-7-19(14-18)27(29)30)21(28)22-16-8-10-17(11-9-16)25-12-3-2-4-13-25/h5-11,14H,2-4,12-13H2,1H3,(H,22,28). The summed E-state index contributed by atoms with van der Waals surface area (Å²) in [5.41, 5.74) is 2.91. The molecule has 0 radical (unpaired) electrons. The predicted molar refractivity (Wildman–Crippen MR) is 113 cm³/mol. The SMILES string of the molecule is Cc1c(C(=O)Nc2ccc(N3CCCCC3)cc2)nnn1-c1cccc([N+](=O)[O-])c1. The predicted octanol–water partition coefficient (Wildman–Crippen LogP) is 3.73. The van der Waals surface area contributed by atoms with Crippen molar-refractivity contribution in [3.63, 3.8) is 0 Å². The van der Waals surface area contributed by atoms with Gasteiger partial charge in [-0.3, -0.25) is 14.9 Å². The second-order valence-corrected chi connectivity index (χ2v) is 7.26. The molecule has 1 aromatic heterocycles. The number of amides is 1. The van der Waals surface area contributed by atoms with Crippen LogP contribution >= 0.6 is 0 Å². The van der Waals surface area contributed by atoms with Gasteiger partial charge in [0.25, 0.3) is 11.6 Å². The average Bonchev–Trinajstić information content (AvgIpc) is 3.16. The molecular weight excluding hydrogens is 384 g/mol. The second-order valence-electron chi connectivity index (χ2n) is 7.26. The van der Waals surface area contributed by atoms with Crippen LogP contribution in [0.2, 0.25) is 0 Å². The van der Waals surface area contributed by atoms with E-state index in [0.29, 0.717) is 17.1 Å². The van der Waals surface area contributed by atoms with Crippen LogP contribution in [-0.4, -0.2) is 38.9 Å². The van der Waals surface area contributed by atoms with Crippen LogP contribution in [0.1, 0.15) is 35.4 Å². The van der Waals surface area contributed by atoms with Crippen molar-refractivity contribution in [3.05, 3.63) is 70.0 Å². The molecule has 1 amide bonds. The number of carbonyl (C=O) groups is 1. The van der Waals surface area contributed by atoms with Gasteiger partial charge in [0.2, 0.25) is 0 Å². The third-order valence-corrected chi connectivity index (χ3v) is 5.24. The summed E-state index contributed by atoms with van der Waals surface area (Å²) in [6, 6.07) is 13.8. The van der Waals surface area contributed by atoms with Crippen LogP contribution in [0.5, 0.6) is 0 Å². The van der Waals surface area contributed by atoms with Gasteiger partial charge in [-0.05, 0) is 56.5 Å². The number of nitro benzene ring substituents is 1. The van der Waals surface area contributed by atoms with Gasteiger partial charge in [-0.15, -0.1) is 5.10 Å². The van der Waals surface area contributed by atoms with Crippen LogP contribution in [-0.2, 0) is 0 Å². The molecule has 2 heterocycles. The van der Waals surface area contributed by atoms with Gasteiger partial charge in [0.1, 0.15) is 0 Å². The van der Waals surface area contributed by atoms with E-state index < -0.39 is 4.92 Å². The van der Waals surface area contributed by atoms with E-state index in [-0.39, 0.29) is 17.3 Å². The Labute approximate surface area is 173 Å². The molecule has 9 heteroatoms. The van der Waals surface area contributed by atoms with Crippen molar-refractivity contribution in [2.75, 3.05) is 23.3 Å². The molecule has 3 aromatic rings. The van der Waals surface area contributed by atoms with E-state index >= 15 is 0 Å². The minimum Gasteiger partial charge on any atom is -0.372 e. The number of hydrogen-bond donors (Lipinski definition) is 1. The highest BCUT2D eigenvalue weighted by atomic mass is 16.6. The quantitative estimate of drug-likeness (QED) is 0.511. The Hall–Kier alpha value is -3.75. The van der Waals surface area contributed by atoms with Crippen LogP contribution in [0, 0.1) is 17.0 Å². The molecule has 154 valence electrons. The number of nitrogens with zero attached hydrogens (tertiary/aromatic N) is 5. The molecule has 9 nitrogen and oxygen atoms in total. The number of aromatic nitrogens is 3. The summed E-state index contributed by atoms with van der Waals surface area (Å²) in [6.07, 6.45) is 3.69. The van der Waals surface area contributed by atoms with E-state index in [1.54, 1.807) is 19.1 Å². The van der Waals surface area contributed by atoms with Crippen molar-refractivity contribution >= 4 is 23.0 Å². The van der Waals surface area contributed by atoms with E-state index in [0.717, 1.165) is 18.8 Å². The number of benzene rings is 2. The highest BCUT2D eigenvalue weighted by Crippen LogP contribution is 2.23. The number of carbonyl (C=O) groups excluding carboxylic acids is 1. The van der Waals surface area contributed by atoms with Gasteiger partial charge in [-0.1, -0.05) is 11.3 Å². The normalized spacial score (nSPS) is 13.8. The summed E-state index contributed by atoms with van der Waals surface area (Å²) < 4.78 is 1.42. The summed E-state index contributed by atoms with van der Waals surface area (Å²) in [5.74, 6) is -0.380. The molecule has 30 heavy (non-hydrogen) atoms. The number of anilines is 2. The molecule has 1 aliphatic heterocycles. The lowest BCUT2D eigenvalue weighted by molar-refractivity contribution is -0.384. The fourth-order valence-electron chi connectivity index (χ4n) is 3.62. The smallest absolute Gasteiger partial charge is 0.278 e. The first kappa shape index (κ1) is 19.6. The van der Waals surface area contributed by atoms with E-state index in [4.69, 9.17) is 0 Å². The zero-order valence-corrected chi connectivity index (χ0v) is 16.6. The van der Waals surface area contributed by atoms with E-state index in [9.17, 15) is 14.9 Å². The number of non-ortho nitro benzene ring substituents is 1. The van der Waals surface area contributed by atoms with Crippen LogP contribution in [0.3, 0.4) is 0 Å². The molecule has 2 aromatic carbocycles. The summed E-state index contributed by atoms with van der Waals surface area (Å²) in [4.78, 5) is 25.6. The Morgan fingerprint density at radius 3 is 2.50 bits per heavy atom. The van der Waals surface area contributed by atoms with Crippen LogP contribution in [0.25, 0.3) is 5.69 Å². The van der Waals surface area contributed by atoms with Gasteiger partial charge in [-0.2, -0.15) is 0 Å². The van der Waals surface area contributed by atoms with E-state index in [2.05, 4.69) is 20.5 Å². The Balaban J connectivity index is 1.49. The Bertz CT molecular complexity index is 1070. The molecule has 0 saturated carbocycles. The van der Waals surface area contributed by atoms with Gasteiger partial charge in [0.15, 0.2) is 5.69 Å². The highest BCUT2D eigenvalue weighted by Gasteiger charge is 2.19. The van der Waals surface area contributed by atoms with Gasteiger partial charge >= 0.3 is 0 Å². The average molecular weight is 406 g/mol. The Morgan fingerprint density at radius 1 is 1.07 bits per heavy atom. The Morgan fingerprint density at radius 2 is 1.80 bits per heavy atom. The maximum Gasteiger partial charge on any atom is 0.278 e. The summed E-state index contributed by atoms with van der Waals surface area (Å²) >= 11 is 0. The molecule has 0 unspecified atom stereocenters. The van der Waals surface area contributed by atoms with Crippen molar-refractivity contribution in [1.82, 2.24) is 15.0 Å². The lowest BCUT2D eigenvalue weighted by Crippen LogP contribution is -2.29. The van der Waals surface area contributed by atoms with Crippen molar-refractivity contribution in [3.8, 4) is 5.69 Å². The molecule has 0 bridgehead atoms. The number of hydrogen-bond acceptors (Lipinski definition) is 6. The van der Waals surface area contributed by atoms with Gasteiger partial charge in [0.05, 0.1) is 16.3 Å². The summed E-state index contributed by atoms with van der Waals surface area (Å²) in [6.45, 7) is 3.82. The van der Waals surface area contributed by atoms with Gasteiger partial charge < -0.3 is 10.2 Å². The van der Waals surface area contributed by atoms with Crippen molar-refractivity contribution in [1.29, 1.82) is 0 Å². The zero-order chi connectivity index (χ0) is 21.1. The third-order valence-electron chi connectivity index (χ3n) is 5.24. The van der Waals surface area contributed by atoms with Crippen molar-refractivity contribution in [2.45, 2.75) is 26.2 Å².